The Morgan fingerprint density at radius 3 is 2.62 bits per heavy atom. The molecule has 0 spiro atoms. The van der Waals surface area contributed by atoms with E-state index >= 15 is 0 Å². The van der Waals surface area contributed by atoms with E-state index < -0.39 is 5.91 Å². The van der Waals surface area contributed by atoms with Crippen molar-refractivity contribution in [2.45, 2.75) is 33.8 Å². The van der Waals surface area contributed by atoms with Crippen molar-refractivity contribution in [2.24, 2.45) is 0 Å². The predicted octanol–water partition coefficient (Wildman–Crippen LogP) is 4.23. The number of nitrogens with one attached hydrogen (secondary N) is 2. The molecule has 0 fully saturated rings. The summed E-state index contributed by atoms with van der Waals surface area (Å²) in [5.41, 5.74) is 9.17. The Kier molecular flexibility index (Phi) is 6.23. The molecule has 4 rings (SSSR count). The minimum atomic E-state index is -0.420. The fraction of sp³-hybridized carbons (Fsp3) is 0.208. The van der Waals surface area contributed by atoms with E-state index in [9.17, 15) is 9.59 Å². The van der Waals surface area contributed by atoms with Crippen molar-refractivity contribution < 1.29 is 14.3 Å². The molecule has 3 aromatic heterocycles. The van der Waals surface area contributed by atoms with Crippen LogP contribution in [0.1, 0.15) is 48.7 Å². The van der Waals surface area contributed by atoms with Gasteiger partial charge in [0.1, 0.15) is 18.0 Å². The second-order valence-corrected chi connectivity index (χ2v) is 8.59. The van der Waals surface area contributed by atoms with Gasteiger partial charge in [-0.05, 0) is 61.7 Å². The second kappa shape index (κ2) is 9.23. The SMILES string of the molecule is CCc1sc(C(=O)NNC(=O)c2cccc(OCc3cn4cccc(C)c4n3)c2)cc1C. The Morgan fingerprint density at radius 2 is 1.88 bits per heavy atom. The molecule has 0 unspecified atom stereocenters. The van der Waals surface area contributed by atoms with Gasteiger partial charge < -0.3 is 9.14 Å². The molecule has 0 aliphatic heterocycles. The zero-order chi connectivity index (χ0) is 22.7. The highest BCUT2D eigenvalue weighted by atomic mass is 32.1. The maximum Gasteiger partial charge on any atom is 0.279 e. The largest absolute Gasteiger partial charge is 0.487 e. The van der Waals surface area contributed by atoms with Crippen LogP contribution >= 0.6 is 11.3 Å². The molecule has 2 N–H and O–H groups in total. The summed E-state index contributed by atoms with van der Waals surface area (Å²) in [7, 11) is 0. The minimum absolute atomic E-state index is 0.278. The van der Waals surface area contributed by atoms with Gasteiger partial charge in [-0.1, -0.05) is 19.1 Å². The van der Waals surface area contributed by atoms with E-state index in [1.807, 2.05) is 55.8 Å². The minimum Gasteiger partial charge on any atom is -0.487 e. The van der Waals surface area contributed by atoms with Gasteiger partial charge in [0.05, 0.1) is 10.6 Å². The summed E-state index contributed by atoms with van der Waals surface area (Å²) in [4.78, 5) is 31.2. The van der Waals surface area contributed by atoms with Crippen molar-refractivity contribution in [1.82, 2.24) is 20.2 Å². The number of aryl methyl sites for hydroxylation is 3. The van der Waals surface area contributed by atoms with Gasteiger partial charge >= 0.3 is 0 Å². The number of amides is 2. The Labute approximate surface area is 190 Å². The van der Waals surface area contributed by atoms with Crippen molar-refractivity contribution in [1.29, 1.82) is 0 Å². The molecule has 4 aromatic rings. The third-order valence-corrected chi connectivity index (χ3v) is 6.45. The molecule has 1 aromatic carbocycles. The summed E-state index contributed by atoms with van der Waals surface area (Å²) < 4.78 is 7.79. The van der Waals surface area contributed by atoms with E-state index in [0.29, 0.717) is 16.2 Å². The van der Waals surface area contributed by atoms with E-state index in [0.717, 1.165) is 33.8 Å². The van der Waals surface area contributed by atoms with E-state index in [4.69, 9.17) is 4.74 Å². The number of carbonyl (C=O) groups excluding carboxylic acids is 2. The summed E-state index contributed by atoms with van der Waals surface area (Å²) >= 11 is 1.43. The Bertz CT molecular complexity index is 1290. The number of ether oxygens (including phenoxy) is 1. The third-order valence-electron chi connectivity index (χ3n) is 5.07. The number of carbonyl (C=O) groups is 2. The van der Waals surface area contributed by atoms with Gasteiger partial charge in [0.25, 0.3) is 11.8 Å². The number of thiophene rings is 1. The number of pyridine rings is 1. The van der Waals surface area contributed by atoms with Crippen LogP contribution in [0, 0.1) is 13.8 Å². The number of rotatable bonds is 6. The Balaban J connectivity index is 1.36. The molecule has 164 valence electrons. The number of imidazole rings is 1. The maximum absolute atomic E-state index is 12.5. The standard InChI is InChI=1S/C24H24N4O3S/c1-4-20-16(3)11-21(32-20)24(30)27-26-23(29)17-8-5-9-19(12-17)31-14-18-13-28-10-6-7-15(2)22(28)25-18/h5-13H,4,14H2,1-3H3,(H,26,29)(H,27,30). The average molecular weight is 449 g/mol. The monoisotopic (exact) mass is 448 g/mol. The molecule has 32 heavy (non-hydrogen) atoms. The predicted molar refractivity (Wildman–Crippen MR) is 124 cm³/mol. The summed E-state index contributed by atoms with van der Waals surface area (Å²) in [6.45, 7) is 6.31. The first kappa shape index (κ1) is 21.6. The van der Waals surface area contributed by atoms with Crippen LogP contribution in [0.3, 0.4) is 0 Å². The third kappa shape index (κ3) is 4.65. The van der Waals surface area contributed by atoms with Gasteiger partial charge in [-0.25, -0.2) is 4.98 Å². The topological polar surface area (TPSA) is 84.7 Å². The lowest BCUT2D eigenvalue weighted by Gasteiger charge is -2.08. The first-order valence-electron chi connectivity index (χ1n) is 10.3. The van der Waals surface area contributed by atoms with Crippen molar-refractivity contribution in [3.05, 3.63) is 87.0 Å². The Hall–Kier alpha value is -3.65. The smallest absolute Gasteiger partial charge is 0.279 e. The fourth-order valence-corrected chi connectivity index (χ4v) is 4.40. The Morgan fingerprint density at radius 1 is 1.06 bits per heavy atom. The van der Waals surface area contributed by atoms with Crippen molar-refractivity contribution in [2.75, 3.05) is 0 Å². The summed E-state index contributed by atoms with van der Waals surface area (Å²) in [5, 5.41) is 0. The van der Waals surface area contributed by atoms with Crippen LogP contribution in [0.2, 0.25) is 0 Å². The van der Waals surface area contributed by atoms with Crippen molar-refractivity contribution in [3.8, 4) is 5.75 Å². The van der Waals surface area contributed by atoms with Crippen LogP contribution in [0.15, 0.2) is 54.9 Å². The zero-order valence-corrected chi connectivity index (χ0v) is 19.0. The van der Waals surface area contributed by atoms with E-state index in [1.165, 1.54) is 11.3 Å². The molecule has 0 atom stereocenters. The summed E-state index contributed by atoms with van der Waals surface area (Å²) in [6.07, 6.45) is 4.74. The normalized spacial score (nSPS) is 10.8. The van der Waals surface area contributed by atoms with Crippen LogP contribution in [-0.4, -0.2) is 21.2 Å². The van der Waals surface area contributed by atoms with Crippen molar-refractivity contribution in [3.63, 3.8) is 0 Å². The second-order valence-electron chi connectivity index (χ2n) is 7.45. The highest BCUT2D eigenvalue weighted by molar-refractivity contribution is 7.14. The molecule has 0 saturated heterocycles. The molecule has 3 heterocycles. The fourth-order valence-electron chi connectivity index (χ4n) is 3.39. The number of hydrogen-bond donors (Lipinski definition) is 2. The summed E-state index contributed by atoms with van der Waals surface area (Å²) in [5.74, 6) is -0.212. The number of nitrogens with zero attached hydrogens (tertiary/aromatic N) is 2. The lowest BCUT2D eigenvalue weighted by molar-refractivity contribution is 0.0848. The van der Waals surface area contributed by atoms with Gasteiger partial charge in [-0.15, -0.1) is 11.3 Å². The molecule has 8 heteroatoms. The first-order chi connectivity index (χ1) is 15.4. The first-order valence-corrected chi connectivity index (χ1v) is 11.1. The maximum atomic E-state index is 12.5. The lowest BCUT2D eigenvalue weighted by Crippen LogP contribution is -2.41. The number of fused-ring (bicyclic) bond motifs is 1. The molecule has 7 nitrogen and oxygen atoms in total. The van der Waals surface area contributed by atoms with Gasteiger partial charge in [0.2, 0.25) is 0 Å². The number of hydrogen-bond acceptors (Lipinski definition) is 5. The molecule has 2 amide bonds. The van der Waals surface area contributed by atoms with E-state index in [2.05, 4.69) is 15.8 Å². The van der Waals surface area contributed by atoms with E-state index in [-0.39, 0.29) is 12.5 Å². The number of benzene rings is 1. The van der Waals surface area contributed by atoms with Crippen molar-refractivity contribution >= 4 is 28.8 Å². The number of hydrazine groups is 1. The van der Waals surface area contributed by atoms with Gasteiger partial charge in [0.15, 0.2) is 0 Å². The van der Waals surface area contributed by atoms with Gasteiger partial charge in [-0.2, -0.15) is 0 Å². The van der Waals surface area contributed by atoms with Crippen LogP contribution in [-0.2, 0) is 13.0 Å². The average Bonchev–Trinajstić information content (AvgIpc) is 3.40. The van der Waals surface area contributed by atoms with Crippen LogP contribution in [0.25, 0.3) is 5.65 Å². The summed E-state index contributed by atoms with van der Waals surface area (Å²) in [6, 6.07) is 12.6. The quantitative estimate of drug-likeness (QED) is 0.433. The molecular formula is C24H24N4O3S. The molecule has 0 saturated carbocycles. The zero-order valence-electron chi connectivity index (χ0n) is 18.1. The molecule has 0 aliphatic carbocycles. The molecule has 0 radical (unpaired) electrons. The van der Waals surface area contributed by atoms with Crippen LogP contribution in [0.4, 0.5) is 0 Å². The van der Waals surface area contributed by atoms with Gasteiger partial charge in [0, 0.05) is 22.8 Å². The highest BCUT2D eigenvalue weighted by Gasteiger charge is 2.14. The number of aromatic nitrogens is 2. The molecule has 0 bridgehead atoms. The highest BCUT2D eigenvalue weighted by Crippen LogP contribution is 2.22. The lowest BCUT2D eigenvalue weighted by atomic mass is 10.2. The van der Waals surface area contributed by atoms with E-state index in [1.54, 1.807) is 24.3 Å². The van der Waals surface area contributed by atoms with Crippen LogP contribution < -0.4 is 15.6 Å². The van der Waals surface area contributed by atoms with Crippen LogP contribution in [0.5, 0.6) is 5.75 Å². The molecular weight excluding hydrogens is 424 g/mol. The molecule has 0 aliphatic rings. The van der Waals surface area contributed by atoms with Gasteiger partial charge in [-0.3, -0.25) is 20.4 Å².